The topological polar surface area (TPSA) is 9.23 Å². The molecule has 1 aliphatic rings. The average molecular weight is 190 g/mol. The van der Waals surface area contributed by atoms with Gasteiger partial charge in [0.15, 0.2) is 9.04 Å². The van der Waals surface area contributed by atoms with Crippen LogP contribution in [0.1, 0.15) is 19.8 Å². The highest BCUT2D eigenvalue weighted by Crippen LogP contribution is 2.18. The second-order valence-electron chi connectivity index (χ2n) is 3.51. The summed E-state index contributed by atoms with van der Waals surface area (Å²) in [6.07, 6.45) is 2.70. The summed E-state index contributed by atoms with van der Waals surface area (Å²) in [6, 6.07) is 2.74. The van der Waals surface area contributed by atoms with Crippen molar-refractivity contribution in [1.29, 1.82) is 0 Å². The lowest BCUT2D eigenvalue weighted by molar-refractivity contribution is 0.283. The molecule has 0 aromatic rings. The standard InChI is InChI=1S/C8H18OSSi/c1-8(6-10)7-11-5-3-2-4-9-11/h8,10-11H,2-7H2,1H3. The lowest BCUT2D eigenvalue weighted by Gasteiger charge is -2.23. The number of thiol groups is 1. The van der Waals surface area contributed by atoms with Crippen molar-refractivity contribution in [3.8, 4) is 0 Å². The lowest BCUT2D eigenvalue weighted by atomic mass is 10.3. The minimum Gasteiger partial charge on any atom is -0.420 e. The van der Waals surface area contributed by atoms with E-state index in [4.69, 9.17) is 4.43 Å². The maximum Gasteiger partial charge on any atom is 0.177 e. The first-order chi connectivity index (χ1) is 5.33. The molecule has 0 spiro atoms. The van der Waals surface area contributed by atoms with Gasteiger partial charge in [0.2, 0.25) is 0 Å². The van der Waals surface area contributed by atoms with Crippen molar-refractivity contribution in [2.75, 3.05) is 12.4 Å². The van der Waals surface area contributed by atoms with Gasteiger partial charge in [-0.05, 0) is 30.2 Å². The molecule has 0 bridgehead atoms. The fourth-order valence-electron chi connectivity index (χ4n) is 1.52. The van der Waals surface area contributed by atoms with Crippen molar-refractivity contribution in [3.05, 3.63) is 0 Å². The van der Waals surface area contributed by atoms with Gasteiger partial charge in [0.25, 0.3) is 0 Å². The van der Waals surface area contributed by atoms with E-state index < -0.39 is 9.04 Å². The predicted octanol–water partition coefficient (Wildman–Crippen LogP) is 2.09. The Morgan fingerprint density at radius 2 is 2.36 bits per heavy atom. The SMILES string of the molecule is CC(CS)C[SiH]1CCCCO1. The first kappa shape index (κ1) is 9.61. The minimum absolute atomic E-state index is 0.751. The first-order valence-electron chi connectivity index (χ1n) is 4.55. The molecule has 1 rings (SSSR count). The van der Waals surface area contributed by atoms with Crippen LogP contribution in [0.25, 0.3) is 0 Å². The minimum atomic E-state index is -0.751. The van der Waals surface area contributed by atoms with Crippen LogP contribution in [0, 0.1) is 5.92 Å². The van der Waals surface area contributed by atoms with Gasteiger partial charge in [0, 0.05) is 6.61 Å². The number of hydrogen-bond donors (Lipinski definition) is 1. The third-order valence-electron chi connectivity index (χ3n) is 2.25. The molecular formula is C8H18OSSi. The highest BCUT2D eigenvalue weighted by molar-refractivity contribution is 7.80. The maximum atomic E-state index is 5.76. The van der Waals surface area contributed by atoms with Gasteiger partial charge >= 0.3 is 0 Å². The van der Waals surface area contributed by atoms with Gasteiger partial charge in [-0.3, -0.25) is 0 Å². The molecule has 0 aromatic heterocycles. The van der Waals surface area contributed by atoms with Crippen LogP contribution in [0.4, 0.5) is 0 Å². The van der Waals surface area contributed by atoms with E-state index in [0.29, 0.717) is 0 Å². The summed E-state index contributed by atoms with van der Waals surface area (Å²) in [6.45, 7) is 3.31. The van der Waals surface area contributed by atoms with Crippen LogP contribution in [-0.4, -0.2) is 21.4 Å². The predicted molar refractivity (Wildman–Crippen MR) is 55.0 cm³/mol. The fourth-order valence-corrected chi connectivity index (χ4v) is 4.79. The monoisotopic (exact) mass is 190 g/mol. The van der Waals surface area contributed by atoms with E-state index in [2.05, 4.69) is 19.6 Å². The summed E-state index contributed by atoms with van der Waals surface area (Å²) in [4.78, 5) is 0. The Hall–Kier alpha value is 0.527. The second-order valence-corrected chi connectivity index (χ2v) is 6.50. The van der Waals surface area contributed by atoms with Crippen molar-refractivity contribution in [2.24, 2.45) is 5.92 Å². The zero-order valence-corrected chi connectivity index (χ0v) is 9.30. The van der Waals surface area contributed by atoms with Gasteiger partial charge in [-0.1, -0.05) is 13.3 Å². The molecule has 1 nitrogen and oxygen atoms in total. The van der Waals surface area contributed by atoms with E-state index in [1.54, 1.807) is 0 Å². The molecule has 0 radical (unpaired) electrons. The number of rotatable bonds is 3. The normalized spacial score (nSPS) is 28.4. The number of hydrogen-bond acceptors (Lipinski definition) is 2. The smallest absolute Gasteiger partial charge is 0.177 e. The van der Waals surface area contributed by atoms with Crippen molar-refractivity contribution in [1.82, 2.24) is 0 Å². The molecule has 1 saturated heterocycles. The van der Waals surface area contributed by atoms with E-state index in [-0.39, 0.29) is 0 Å². The second kappa shape index (κ2) is 5.22. The van der Waals surface area contributed by atoms with Gasteiger partial charge in [0.05, 0.1) is 0 Å². The van der Waals surface area contributed by atoms with Gasteiger partial charge < -0.3 is 4.43 Å². The van der Waals surface area contributed by atoms with Crippen LogP contribution in [0.5, 0.6) is 0 Å². The van der Waals surface area contributed by atoms with Gasteiger partial charge in [-0.25, -0.2) is 0 Å². The molecular weight excluding hydrogens is 172 g/mol. The van der Waals surface area contributed by atoms with E-state index >= 15 is 0 Å². The Kier molecular flexibility index (Phi) is 4.56. The van der Waals surface area contributed by atoms with Crippen molar-refractivity contribution in [2.45, 2.75) is 31.9 Å². The third kappa shape index (κ3) is 3.63. The zero-order chi connectivity index (χ0) is 8.10. The van der Waals surface area contributed by atoms with Crippen LogP contribution in [-0.2, 0) is 4.43 Å². The van der Waals surface area contributed by atoms with Crippen molar-refractivity contribution in [3.63, 3.8) is 0 Å². The summed E-state index contributed by atoms with van der Waals surface area (Å²) in [5, 5.41) is 0. The summed E-state index contributed by atoms with van der Waals surface area (Å²) < 4.78 is 5.76. The Labute approximate surface area is 76.7 Å². The molecule has 66 valence electrons. The molecule has 1 fully saturated rings. The van der Waals surface area contributed by atoms with Crippen LogP contribution in [0.15, 0.2) is 0 Å². The molecule has 1 heterocycles. The molecule has 3 heteroatoms. The molecule has 0 aliphatic carbocycles. The molecule has 0 amide bonds. The Morgan fingerprint density at radius 3 is 2.91 bits per heavy atom. The molecule has 2 unspecified atom stereocenters. The Balaban J connectivity index is 2.13. The zero-order valence-electron chi connectivity index (χ0n) is 7.25. The quantitative estimate of drug-likeness (QED) is 0.529. The third-order valence-corrected chi connectivity index (χ3v) is 5.96. The largest absolute Gasteiger partial charge is 0.420 e. The summed E-state index contributed by atoms with van der Waals surface area (Å²) in [7, 11) is -0.751. The molecule has 0 saturated carbocycles. The van der Waals surface area contributed by atoms with E-state index in [1.807, 2.05) is 0 Å². The van der Waals surface area contributed by atoms with Crippen LogP contribution < -0.4 is 0 Å². The molecule has 11 heavy (non-hydrogen) atoms. The van der Waals surface area contributed by atoms with Gasteiger partial charge in [0.1, 0.15) is 0 Å². The van der Waals surface area contributed by atoms with Gasteiger partial charge in [-0.15, -0.1) is 0 Å². The van der Waals surface area contributed by atoms with Crippen molar-refractivity contribution < 1.29 is 4.43 Å². The summed E-state index contributed by atoms with van der Waals surface area (Å²) in [5.74, 6) is 1.79. The molecule has 2 atom stereocenters. The Morgan fingerprint density at radius 1 is 1.55 bits per heavy atom. The van der Waals surface area contributed by atoms with E-state index in [9.17, 15) is 0 Å². The first-order valence-corrected chi connectivity index (χ1v) is 7.29. The van der Waals surface area contributed by atoms with Crippen LogP contribution in [0.2, 0.25) is 12.1 Å². The maximum absolute atomic E-state index is 5.76. The van der Waals surface area contributed by atoms with E-state index in [0.717, 1.165) is 18.3 Å². The average Bonchev–Trinajstić information content (AvgIpc) is 2.06. The lowest BCUT2D eigenvalue weighted by Crippen LogP contribution is -2.25. The van der Waals surface area contributed by atoms with Crippen LogP contribution in [0.3, 0.4) is 0 Å². The van der Waals surface area contributed by atoms with Crippen LogP contribution >= 0.6 is 12.6 Å². The molecule has 0 N–H and O–H groups in total. The fraction of sp³-hybridized carbons (Fsp3) is 1.00. The summed E-state index contributed by atoms with van der Waals surface area (Å²) >= 11 is 4.28. The molecule has 0 aromatic carbocycles. The molecule has 1 aliphatic heterocycles. The Bertz CT molecular complexity index is 104. The highest BCUT2D eigenvalue weighted by Gasteiger charge is 2.18. The van der Waals surface area contributed by atoms with E-state index in [1.165, 1.54) is 24.9 Å². The summed E-state index contributed by atoms with van der Waals surface area (Å²) in [5.41, 5.74) is 0. The van der Waals surface area contributed by atoms with Crippen molar-refractivity contribution >= 4 is 21.7 Å². The van der Waals surface area contributed by atoms with Gasteiger partial charge in [-0.2, -0.15) is 12.6 Å². The highest BCUT2D eigenvalue weighted by atomic mass is 32.1.